The maximum Gasteiger partial charge on any atom is 0.140 e. The molecule has 0 saturated heterocycles. The van der Waals surface area contributed by atoms with Crippen LogP contribution in [0, 0.1) is 0 Å². The van der Waals surface area contributed by atoms with Gasteiger partial charge in [-0.3, -0.25) is 4.99 Å². The standard InChI is InChI=1S/C4H5N3S/c5-4-3(8)1-6-2-7-4/h1H,2H2,(H2,5,7). The van der Waals surface area contributed by atoms with Crippen LogP contribution in [0.15, 0.2) is 9.98 Å². The quantitative estimate of drug-likeness (QED) is 0.456. The lowest BCUT2D eigenvalue weighted by atomic mass is 10.4. The van der Waals surface area contributed by atoms with Crippen LogP contribution in [-0.2, 0) is 0 Å². The van der Waals surface area contributed by atoms with Crippen molar-refractivity contribution in [1.82, 2.24) is 0 Å². The number of nitrogens with zero attached hydrogens (tertiary/aromatic N) is 2. The molecule has 8 heavy (non-hydrogen) atoms. The van der Waals surface area contributed by atoms with Gasteiger partial charge in [-0.1, -0.05) is 12.2 Å². The molecule has 0 atom stereocenters. The second-order valence-electron chi connectivity index (χ2n) is 1.36. The van der Waals surface area contributed by atoms with Crippen molar-refractivity contribution in [3.8, 4) is 0 Å². The molecular weight excluding hydrogens is 122 g/mol. The van der Waals surface area contributed by atoms with Crippen LogP contribution in [0.3, 0.4) is 0 Å². The van der Waals surface area contributed by atoms with Gasteiger partial charge in [-0.25, -0.2) is 4.99 Å². The first-order valence-corrected chi connectivity index (χ1v) is 2.55. The van der Waals surface area contributed by atoms with Crippen molar-refractivity contribution in [2.24, 2.45) is 15.7 Å². The highest BCUT2D eigenvalue weighted by molar-refractivity contribution is 7.83. The first-order chi connectivity index (χ1) is 3.80. The fourth-order valence-electron chi connectivity index (χ4n) is 0.385. The minimum Gasteiger partial charge on any atom is -0.383 e. The normalized spacial score (nSPS) is 18.5. The number of hydrogen-bond donors (Lipinski definition) is 1. The predicted octanol–water partition coefficient (Wildman–Crippen LogP) is -0.245. The first kappa shape index (κ1) is 5.37. The zero-order valence-electron chi connectivity index (χ0n) is 4.16. The molecule has 1 heterocycles. The van der Waals surface area contributed by atoms with Crippen LogP contribution in [0.1, 0.15) is 0 Å². The summed E-state index contributed by atoms with van der Waals surface area (Å²) in [4.78, 5) is 8.08. The maximum atomic E-state index is 5.30. The summed E-state index contributed by atoms with van der Waals surface area (Å²) in [7, 11) is 0. The van der Waals surface area contributed by atoms with Crippen LogP contribution in [0.4, 0.5) is 0 Å². The van der Waals surface area contributed by atoms with Crippen molar-refractivity contribution < 1.29 is 0 Å². The number of rotatable bonds is 0. The highest BCUT2D eigenvalue weighted by Crippen LogP contribution is 1.84. The highest BCUT2D eigenvalue weighted by Gasteiger charge is 1.99. The van der Waals surface area contributed by atoms with Gasteiger partial charge in [0.05, 0.1) is 4.86 Å². The number of aliphatic imine (C=N–C) groups is 2. The molecule has 4 heteroatoms. The predicted molar refractivity (Wildman–Crippen MR) is 37.6 cm³/mol. The van der Waals surface area contributed by atoms with E-state index in [4.69, 9.17) is 18.0 Å². The highest BCUT2D eigenvalue weighted by atomic mass is 32.1. The third-order valence-electron chi connectivity index (χ3n) is 0.784. The molecule has 0 unspecified atom stereocenters. The Kier molecular flexibility index (Phi) is 1.34. The molecule has 0 spiro atoms. The first-order valence-electron chi connectivity index (χ1n) is 2.15. The topological polar surface area (TPSA) is 50.7 Å². The lowest BCUT2D eigenvalue weighted by molar-refractivity contribution is 1.07. The molecule has 3 nitrogen and oxygen atoms in total. The summed E-state index contributed by atoms with van der Waals surface area (Å²) in [5.41, 5.74) is 5.30. The molecule has 1 rings (SSSR count). The van der Waals surface area contributed by atoms with Crippen LogP contribution in [-0.4, -0.2) is 23.6 Å². The van der Waals surface area contributed by atoms with Gasteiger partial charge in [0.2, 0.25) is 0 Å². The lowest BCUT2D eigenvalue weighted by Gasteiger charge is -1.99. The van der Waals surface area contributed by atoms with E-state index in [-0.39, 0.29) is 0 Å². The summed E-state index contributed by atoms with van der Waals surface area (Å²) in [6.07, 6.45) is 1.55. The third-order valence-corrected chi connectivity index (χ3v) is 1.10. The van der Waals surface area contributed by atoms with E-state index in [2.05, 4.69) is 9.98 Å². The van der Waals surface area contributed by atoms with E-state index in [1.165, 1.54) is 0 Å². The third kappa shape index (κ3) is 0.894. The van der Waals surface area contributed by atoms with Crippen molar-refractivity contribution in [3.05, 3.63) is 0 Å². The van der Waals surface area contributed by atoms with Gasteiger partial charge in [-0.2, -0.15) is 0 Å². The SMILES string of the molecule is NC1=NCN=CC1=S. The molecule has 0 aromatic rings. The van der Waals surface area contributed by atoms with Gasteiger partial charge in [0.1, 0.15) is 12.5 Å². The Bertz CT molecular complexity index is 170. The van der Waals surface area contributed by atoms with E-state index in [0.717, 1.165) is 0 Å². The van der Waals surface area contributed by atoms with E-state index in [1.54, 1.807) is 6.21 Å². The Hall–Kier alpha value is -0.770. The molecule has 0 saturated carbocycles. The minimum atomic E-state index is 0.423. The van der Waals surface area contributed by atoms with Gasteiger partial charge in [0.25, 0.3) is 0 Å². The smallest absolute Gasteiger partial charge is 0.140 e. The average molecular weight is 127 g/mol. The molecule has 0 fully saturated rings. The molecule has 1 aliphatic heterocycles. The number of amidine groups is 1. The second-order valence-corrected chi connectivity index (χ2v) is 1.80. The average Bonchev–Trinajstić information content (AvgIpc) is 1.77. The van der Waals surface area contributed by atoms with E-state index < -0.39 is 0 Å². The Morgan fingerprint density at radius 2 is 2.50 bits per heavy atom. The molecule has 2 N–H and O–H groups in total. The van der Waals surface area contributed by atoms with Crippen LogP contribution in [0.2, 0.25) is 0 Å². The minimum absolute atomic E-state index is 0.423. The van der Waals surface area contributed by atoms with Crippen LogP contribution >= 0.6 is 12.2 Å². The Morgan fingerprint density at radius 1 is 1.75 bits per heavy atom. The van der Waals surface area contributed by atoms with Crippen molar-refractivity contribution in [1.29, 1.82) is 0 Å². The molecule has 0 amide bonds. The summed E-state index contributed by atoms with van der Waals surface area (Å²) in [5.74, 6) is 0.426. The van der Waals surface area contributed by atoms with Gasteiger partial charge in [-0.15, -0.1) is 0 Å². The summed E-state index contributed by atoms with van der Waals surface area (Å²) in [6.45, 7) is 0.423. The summed E-state index contributed by atoms with van der Waals surface area (Å²) in [6, 6.07) is 0. The Balaban J connectivity index is 2.78. The van der Waals surface area contributed by atoms with Crippen molar-refractivity contribution in [2.45, 2.75) is 0 Å². The van der Waals surface area contributed by atoms with Crippen LogP contribution < -0.4 is 5.73 Å². The molecule has 0 aliphatic carbocycles. The molecule has 0 aromatic heterocycles. The van der Waals surface area contributed by atoms with Gasteiger partial charge < -0.3 is 5.73 Å². The molecular formula is C4H5N3S. The zero-order valence-corrected chi connectivity index (χ0v) is 4.98. The monoisotopic (exact) mass is 127 g/mol. The van der Waals surface area contributed by atoms with Crippen LogP contribution in [0.5, 0.6) is 0 Å². The van der Waals surface area contributed by atoms with Gasteiger partial charge in [-0.05, 0) is 0 Å². The van der Waals surface area contributed by atoms with E-state index in [1.807, 2.05) is 0 Å². The van der Waals surface area contributed by atoms with Crippen molar-refractivity contribution in [3.63, 3.8) is 0 Å². The maximum absolute atomic E-state index is 5.30. The Labute approximate surface area is 52.3 Å². The largest absolute Gasteiger partial charge is 0.383 e. The fourth-order valence-corrected chi connectivity index (χ4v) is 0.524. The second kappa shape index (κ2) is 2.00. The fraction of sp³-hybridized carbons (Fsp3) is 0.250. The molecule has 1 aliphatic rings. The molecule has 0 bridgehead atoms. The molecule has 0 aromatic carbocycles. The number of nitrogens with two attached hydrogens (primary N) is 1. The van der Waals surface area contributed by atoms with Crippen molar-refractivity contribution in [2.75, 3.05) is 6.67 Å². The summed E-state index contributed by atoms with van der Waals surface area (Å²) >= 11 is 4.72. The lowest BCUT2D eigenvalue weighted by Crippen LogP contribution is -2.25. The Morgan fingerprint density at radius 3 is 2.88 bits per heavy atom. The van der Waals surface area contributed by atoms with E-state index >= 15 is 0 Å². The van der Waals surface area contributed by atoms with E-state index in [0.29, 0.717) is 17.4 Å². The number of thiocarbonyl (C=S) groups is 1. The van der Waals surface area contributed by atoms with Crippen molar-refractivity contribution >= 4 is 29.1 Å². The van der Waals surface area contributed by atoms with Gasteiger partial charge in [0.15, 0.2) is 0 Å². The molecule has 42 valence electrons. The van der Waals surface area contributed by atoms with E-state index in [9.17, 15) is 0 Å². The van der Waals surface area contributed by atoms with Gasteiger partial charge in [0, 0.05) is 6.21 Å². The summed E-state index contributed by atoms with van der Waals surface area (Å²) < 4.78 is 0. The van der Waals surface area contributed by atoms with Gasteiger partial charge >= 0.3 is 0 Å². The zero-order chi connectivity index (χ0) is 5.98. The number of hydrogen-bond acceptors (Lipinski definition) is 4. The van der Waals surface area contributed by atoms with Crippen LogP contribution in [0.25, 0.3) is 0 Å². The molecule has 0 radical (unpaired) electrons. The summed E-state index contributed by atoms with van der Waals surface area (Å²) in [5, 5.41) is 0.